The van der Waals surface area contributed by atoms with Crippen molar-refractivity contribution in [2.45, 2.75) is 0 Å². The predicted octanol–water partition coefficient (Wildman–Crippen LogP) is 3.26. The first kappa shape index (κ1) is 12.5. The summed E-state index contributed by atoms with van der Waals surface area (Å²) in [5, 5.41) is 10.7. The molecule has 0 aliphatic heterocycles. The molecule has 0 saturated heterocycles. The number of nitro groups is 1. The number of imidazole rings is 1. The molecule has 0 bridgehead atoms. The fourth-order valence-electron chi connectivity index (χ4n) is 1.52. The Balaban J connectivity index is 2.27. The highest BCUT2D eigenvalue weighted by molar-refractivity contribution is 9.10. The Morgan fingerprint density at radius 3 is 2.83 bits per heavy atom. The molecular weight excluding hydrogens is 298 g/mol. The van der Waals surface area contributed by atoms with Crippen molar-refractivity contribution in [3.8, 4) is 0 Å². The molecule has 0 radical (unpaired) electrons. The highest BCUT2D eigenvalue weighted by Gasteiger charge is 2.13. The average Bonchev–Trinajstić information content (AvgIpc) is 2.68. The van der Waals surface area contributed by atoms with Gasteiger partial charge in [-0.15, -0.1) is 0 Å². The summed E-state index contributed by atoms with van der Waals surface area (Å²) in [4.78, 5) is 14.2. The largest absolute Gasteiger partial charge is 0.358 e. The van der Waals surface area contributed by atoms with Crippen LogP contribution in [0.25, 0.3) is 12.2 Å². The van der Waals surface area contributed by atoms with Crippen molar-refractivity contribution in [1.82, 2.24) is 9.55 Å². The molecule has 0 spiro atoms. The van der Waals surface area contributed by atoms with Crippen LogP contribution in [-0.2, 0) is 7.05 Å². The smallest absolute Gasteiger partial charge is 0.342 e. The van der Waals surface area contributed by atoms with Crippen LogP contribution >= 0.6 is 15.9 Å². The molecule has 0 atom stereocenters. The Labute approximate surface area is 112 Å². The number of halogens is 1. The van der Waals surface area contributed by atoms with E-state index in [1.54, 1.807) is 13.1 Å². The van der Waals surface area contributed by atoms with E-state index in [1.165, 1.54) is 10.8 Å². The molecule has 0 N–H and O–H groups in total. The minimum absolute atomic E-state index is 0.0242. The highest BCUT2D eigenvalue weighted by Crippen LogP contribution is 2.16. The summed E-state index contributed by atoms with van der Waals surface area (Å²) < 4.78 is 2.42. The zero-order valence-corrected chi connectivity index (χ0v) is 11.2. The monoisotopic (exact) mass is 307 g/mol. The van der Waals surface area contributed by atoms with Gasteiger partial charge in [0.05, 0.1) is 7.05 Å². The Morgan fingerprint density at radius 1 is 1.44 bits per heavy atom. The third-order valence-electron chi connectivity index (χ3n) is 2.46. The van der Waals surface area contributed by atoms with Crippen molar-refractivity contribution in [3.05, 3.63) is 56.4 Å². The third-order valence-corrected chi connectivity index (χ3v) is 2.95. The van der Waals surface area contributed by atoms with E-state index in [4.69, 9.17) is 0 Å². The average molecular weight is 308 g/mol. The van der Waals surface area contributed by atoms with Crippen LogP contribution < -0.4 is 0 Å². The zero-order chi connectivity index (χ0) is 13.1. The number of nitrogens with zero attached hydrogens (tertiary/aromatic N) is 3. The van der Waals surface area contributed by atoms with Crippen molar-refractivity contribution in [1.29, 1.82) is 0 Å². The fraction of sp³-hybridized carbons (Fsp3) is 0.0833. The molecule has 6 heteroatoms. The van der Waals surface area contributed by atoms with Crippen LogP contribution in [0, 0.1) is 10.1 Å². The molecule has 0 saturated carbocycles. The van der Waals surface area contributed by atoms with Crippen LogP contribution in [0.15, 0.2) is 34.9 Å². The van der Waals surface area contributed by atoms with E-state index >= 15 is 0 Å². The maximum Gasteiger partial charge on any atom is 0.342 e. The van der Waals surface area contributed by atoms with Crippen LogP contribution in [-0.4, -0.2) is 14.5 Å². The third kappa shape index (κ3) is 2.65. The summed E-state index contributed by atoms with van der Waals surface area (Å²) in [5.41, 5.74) is 0.995. The van der Waals surface area contributed by atoms with Gasteiger partial charge < -0.3 is 10.1 Å². The first-order valence-corrected chi connectivity index (χ1v) is 5.97. The summed E-state index contributed by atoms with van der Waals surface area (Å²) in [6.45, 7) is 0. The molecule has 0 aliphatic carbocycles. The Kier molecular flexibility index (Phi) is 3.57. The molecule has 0 aliphatic rings. The molecule has 1 aromatic carbocycles. The van der Waals surface area contributed by atoms with E-state index in [1.807, 2.05) is 30.3 Å². The van der Waals surface area contributed by atoms with E-state index in [2.05, 4.69) is 20.9 Å². The fourth-order valence-corrected chi connectivity index (χ4v) is 1.94. The van der Waals surface area contributed by atoms with E-state index < -0.39 is 4.92 Å². The molecule has 1 aromatic heterocycles. The molecule has 2 aromatic rings. The zero-order valence-electron chi connectivity index (χ0n) is 9.58. The lowest BCUT2D eigenvalue weighted by Gasteiger charge is -1.95. The van der Waals surface area contributed by atoms with Gasteiger partial charge in [0, 0.05) is 10.5 Å². The van der Waals surface area contributed by atoms with E-state index in [0.717, 1.165) is 10.0 Å². The molecule has 0 fully saturated rings. The van der Waals surface area contributed by atoms with Crippen molar-refractivity contribution < 1.29 is 4.92 Å². The lowest BCUT2D eigenvalue weighted by molar-refractivity contribution is -0.391. The summed E-state index contributed by atoms with van der Waals surface area (Å²) in [7, 11) is 1.62. The van der Waals surface area contributed by atoms with Gasteiger partial charge in [-0.05, 0) is 28.7 Å². The SMILES string of the molecule is Cn1c([N+](=O)[O-])cnc1/C=C/c1cccc(Br)c1. The number of aromatic nitrogens is 2. The Hall–Kier alpha value is -1.95. The van der Waals surface area contributed by atoms with Gasteiger partial charge >= 0.3 is 5.82 Å². The van der Waals surface area contributed by atoms with Crippen molar-refractivity contribution in [2.24, 2.45) is 7.05 Å². The quantitative estimate of drug-likeness (QED) is 0.646. The molecule has 18 heavy (non-hydrogen) atoms. The second-order valence-electron chi connectivity index (χ2n) is 3.68. The number of benzene rings is 1. The van der Waals surface area contributed by atoms with Crippen molar-refractivity contribution >= 4 is 33.9 Å². The van der Waals surface area contributed by atoms with Gasteiger partial charge in [-0.1, -0.05) is 28.1 Å². The second kappa shape index (κ2) is 5.14. The molecule has 0 unspecified atom stereocenters. The molecule has 2 rings (SSSR count). The van der Waals surface area contributed by atoms with Crippen molar-refractivity contribution in [2.75, 3.05) is 0 Å². The minimum Gasteiger partial charge on any atom is -0.358 e. The van der Waals surface area contributed by atoms with Crippen LogP contribution in [0.2, 0.25) is 0 Å². The van der Waals surface area contributed by atoms with Gasteiger partial charge in [0.25, 0.3) is 0 Å². The lowest BCUT2D eigenvalue weighted by atomic mass is 10.2. The normalized spacial score (nSPS) is 11.0. The lowest BCUT2D eigenvalue weighted by Crippen LogP contribution is -1.98. The van der Waals surface area contributed by atoms with E-state index in [9.17, 15) is 10.1 Å². The number of hydrogen-bond donors (Lipinski definition) is 0. The van der Waals surface area contributed by atoms with Gasteiger partial charge in [-0.2, -0.15) is 0 Å². The number of rotatable bonds is 3. The van der Waals surface area contributed by atoms with Crippen molar-refractivity contribution in [3.63, 3.8) is 0 Å². The predicted molar refractivity (Wildman–Crippen MR) is 72.9 cm³/mol. The van der Waals surface area contributed by atoms with E-state index in [0.29, 0.717) is 5.82 Å². The van der Waals surface area contributed by atoms with Crippen LogP contribution in [0.5, 0.6) is 0 Å². The first-order valence-electron chi connectivity index (χ1n) is 5.17. The van der Waals surface area contributed by atoms with Crippen LogP contribution in [0.3, 0.4) is 0 Å². The maximum atomic E-state index is 10.7. The van der Waals surface area contributed by atoms with Crippen LogP contribution in [0.1, 0.15) is 11.4 Å². The summed E-state index contributed by atoms with van der Waals surface area (Å²) >= 11 is 3.38. The first-order chi connectivity index (χ1) is 8.58. The second-order valence-corrected chi connectivity index (χ2v) is 4.59. The molecule has 1 heterocycles. The van der Waals surface area contributed by atoms with Gasteiger partial charge in [0.1, 0.15) is 6.20 Å². The number of hydrogen-bond acceptors (Lipinski definition) is 3. The molecule has 5 nitrogen and oxygen atoms in total. The highest BCUT2D eigenvalue weighted by atomic mass is 79.9. The van der Waals surface area contributed by atoms with Gasteiger partial charge in [0.2, 0.25) is 5.82 Å². The standard InChI is InChI=1S/C12H10BrN3O2/c1-15-11(14-8-12(15)16(17)18)6-5-9-3-2-4-10(13)7-9/h2-8H,1H3/b6-5+. The topological polar surface area (TPSA) is 61.0 Å². The summed E-state index contributed by atoms with van der Waals surface area (Å²) in [5.74, 6) is 0.519. The van der Waals surface area contributed by atoms with Crippen LogP contribution in [0.4, 0.5) is 5.82 Å². The summed E-state index contributed by atoms with van der Waals surface area (Å²) in [6.07, 6.45) is 4.85. The van der Waals surface area contributed by atoms with Gasteiger partial charge in [-0.25, -0.2) is 9.55 Å². The Morgan fingerprint density at radius 2 is 2.22 bits per heavy atom. The summed E-state index contributed by atoms with van der Waals surface area (Å²) in [6, 6.07) is 7.75. The minimum atomic E-state index is -0.455. The molecule has 92 valence electrons. The van der Waals surface area contributed by atoms with Gasteiger partial charge in [-0.3, -0.25) is 0 Å². The Bertz CT molecular complexity index is 620. The molecular formula is C12H10BrN3O2. The van der Waals surface area contributed by atoms with E-state index in [-0.39, 0.29) is 5.82 Å². The molecule has 0 amide bonds. The maximum absolute atomic E-state index is 10.7. The van der Waals surface area contributed by atoms with Gasteiger partial charge in [0.15, 0.2) is 0 Å².